The molecule has 0 aromatic heterocycles. The normalized spacial score (nSPS) is 53.6. The summed E-state index contributed by atoms with van der Waals surface area (Å²) in [6.07, 6.45) is -22.0. The van der Waals surface area contributed by atoms with Gasteiger partial charge in [0.1, 0.15) is 67.1 Å². The molecule has 8 rings (SSSR count). The first kappa shape index (κ1) is 53.9. The Morgan fingerprint density at radius 2 is 1.27 bits per heavy atom. The molecule has 3 heterocycles. The third-order valence-electron chi connectivity index (χ3n) is 19.2. The number of aliphatic hydroxyl groups is 12. The van der Waals surface area contributed by atoms with Gasteiger partial charge >= 0.3 is 11.9 Å². The predicted molar refractivity (Wildman–Crippen MR) is 234 cm³/mol. The highest BCUT2D eigenvalue weighted by molar-refractivity contribution is 5.96. The van der Waals surface area contributed by atoms with Gasteiger partial charge in [-0.15, -0.1) is 0 Å². The van der Waals surface area contributed by atoms with Crippen molar-refractivity contribution in [3.63, 3.8) is 0 Å². The summed E-state index contributed by atoms with van der Waals surface area (Å²) in [5, 5.41) is 128. The number of ether oxygens (including phenoxy) is 7. The minimum atomic E-state index is -1.85. The first-order valence-electron chi connectivity index (χ1n) is 24.5. The fourth-order valence-electron chi connectivity index (χ4n) is 15.0. The van der Waals surface area contributed by atoms with Crippen LogP contribution in [-0.4, -0.2) is 211 Å². The van der Waals surface area contributed by atoms with Crippen molar-refractivity contribution in [1.29, 1.82) is 0 Å². The molecule has 398 valence electrons. The van der Waals surface area contributed by atoms with Crippen LogP contribution in [0.5, 0.6) is 0 Å². The maximum Gasteiger partial charge on any atom is 0.315 e. The number of hydrogen-bond donors (Lipinski definition) is 12. The summed E-state index contributed by atoms with van der Waals surface area (Å²) in [5.74, 6) is -3.52. The zero-order chi connectivity index (χ0) is 51.4. The quantitative estimate of drug-likeness (QED) is 0.0769. The van der Waals surface area contributed by atoms with E-state index < -0.39 is 187 Å². The summed E-state index contributed by atoms with van der Waals surface area (Å²) in [5.41, 5.74) is -5.62. The van der Waals surface area contributed by atoms with Gasteiger partial charge in [-0.1, -0.05) is 33.3 Å². The smallest absolute Gasteiger partial charge is 0.315 e. The number of hydrogen-bond acceptors (Lipinski definition) is 22. The van der Waals surface area contributed by atoms with Gasteiger partial charge in [0.15, 0.2) is 18.4 Å². The highest BCUT2D eigenvalue weighted by Gasteiger charge is 2.73. The maximum absolute atomic E-state index is 15.3. The summed E-state index contributed by atoms with van der Waals surface area (Å²) >= 11 is 0. The average Bonchev–Trinajstić information content (AvgIpc) is 3.32. The van der Waals surface area contributed by atoms with Crippen molar-refractivity contribution in [1.82, 2.24) is 0 Å². The standard InChI is InChI=1S/C48H74O22/c1-43(41(62)64-6)9-11-48(42(63)70-40-35(61)32(58)29(55)25(17-50)67-40)12-10-46(4)20(21(48)14-43)13-22(52)36-44(2)15-23(53)37(45(3,19-51)27(44)7-8-47(36,46)5)69-38-33(59)30(56)26(18-65-38)68-39-34(60)31(57)28(54)24(16-49)66-39/h13,21,23-40,49-51,53-61H,7-12,14-19H2,1-6H3/t21-,23-,24+,25+,26+,27+,28+,29+,30-,31-,32-,33+,34+,35+,36+,37-,38-,39-,40-,43+,44-,45-,46+,47+,48-/m0/s1. The minimum Gasteiger partial charge on any atom is -0.469 e. The molecule has 0 bridgehead atoms. The van der Waals surface area contributed by atoms with Gasteiger partial charge in [-0.05, 0) is 92.4 Å². The van der Waals surface area contributed by atoms with E-state index in [1.807, 2.05) is 13.8 Å². The lowest BCUT2D eigenvalue weighted by Crippen LogP contribution is -2.71. The Morgan fingerprint density at radius 1 is 0.686 bits per heavy atom. The zero-order valence-electron chi connectivity index (χ0n) is 40.5. The first-order valence-corrected chi connectivity index (χ1v) is 24.5. The lowest BCUT2D eigenvalue weighted by atomic mass is 9.33. The molecule has 22 heteroatoms. The Hall–Kier alpha value is -2.33. The van der Waals surface area contributed by atoms with E-state index in [-0.39, 0.29) is 37.9 Å². The largest absolute Gasteiger partial charge is 0.469 e. The summed E-state index contributed by atoms with van der Waals surface area (Å²) < 4.78 is 40.0. The van der Waals surface area contributed by atoms with Crippen LogP contribution in [0.15, 0.2) is 11.6 Å². The Bertz CT molecular complexity index is 2000. The average molecular weight is 1000 g/mol. The third-order valence-corrected chi connectivity index (χ3v) is 19.2. The van der Waals surface area contributed by atoms with E-state index in [0.717, 1.165) is 0 Å². The molecule has 5 aliphatic carbocycles. The van der Waals surface area contributed by atoms with Crippen LogP contribution in [0, 0.1) is 50.2 Å². The third kappa shape index (κ3) is 8.05. The van der Waals surface area contributed by atoms with Crippen LogP contribution in [0.25, 0.3) is 0 Å². The minimum absolute atomic E-state index is 0.0105. The van der Waals surface area contributed by atoms with E-state index in [1.54, 1.807) is 19.9 Å². The van der Waals surface area contributed by atoms with Crippen LogP contribution in [0.3, 0.4) is 0 Å². The summed E-state index contributed by atoms with van der Waals surface area (Å²) in [7, 11) is 1.28. The number of fused-ring (bicyclic) bond motifs is 7. The van der Waals surface area contributed by atoms with Gasteiger partial charge in [0, 0.05) is 11.3 Å². The van der Waals surface area contributed by atoms with Crippen molar-refractivity contribution in [2.24, 2.45) is 50.2 Å². The molecule has 8 aliphatic rings. The summed E-state index contributed by atoms with van der Waals surface area (Å²) in [6, 6.07) is 0. The van der Waals surface area contributed by atoms with Crippen LogP contribution in [0.2, 0.25) is 0 Å². The molecule has 0 amide bonds. The van der Waals surface area contributed by atoms with E-state index >= 15 is 4.79 Å². The molecular weight excluding hydrogens is 929 g/mol. The van der Waals surface area contributed by atoms with Crippen molar-refractivity contribution in [3.05, 3.63) is 11.6 Å². The molecule has 25 atom stereocenters. The molecular formula is C48H74O22. The van der Waals surface area contributed by atoms with Gasteiger partial charge in [-0.3, -0.25) is 14.4 Å². The van der Waals surface area contributed by atoms with Gasteiger partial charge in [0.25, 0.3) is 0 Å². The zero-order valence-corrected chi connectivity index (χ0v) is 40.5. The lowest BCUT2D eigenvalue weighted by Gasteiger charge is -2.71. The Labute approximate surface area is 405 Å². The fraction of sp³-hybridized carbons (Fsp3) is 0.896. The molecule has 0 aromatic carbocycles. The summed E-state index contributed by atoms with van der Waals surface area (Å²) in [4.78, 5) is 43.6. The number of carbonyl (C=O) groups is 3. The molecule has 3 aliphatic heterocycles. The molecule has 7 fully saturated rings. The van der Waals surface area contributed by atoms with Crippen molar-refractivity contribution < 1.29 is 109 Å². The van der Waals surface area contributed by atoms with Crippen molar-refractivity contribution in [3.8, 4) is 0 Å². The Kier molecular flexibility index (Phi) is 14.7. The molecule has 4 saturated carbocycles. The number of aliphatic hydroxyl groups excluding tert-OH is 12. The van der Waals surface area contributed by atoms with Crippen LogP contribution in [0.1, 0.15) is 86.0 Å². The van der Waals surface area contributed by atoms with Crippen LogP contribution < -0.4 is 0 Å². The topological polar surface area (TPSA) is 359 Å². The van der Waals surface area contributed by atoms with E-state index in [2.05, 4.69) is 6.92 Å². The number of rotatable bonds is 10. The molecule has 0 radical (unpaired) electrons. The second-order valence-electron chi connectivity index (χ2n) is 22.9. The monoisotopic (exact) mass is 1000 g/mol. The van der Waals surface area contributed by atoms with Crippen molar-refractivity contribution in [2.45, 2.75) is 184 Å². The van der Waals surface area contributed by atoms with Crippen LogP contribution in [-0.2, 0) is 47.5 Å². The second-order valence-corrected chi connectivity index (χ2v) is 22.9. The van der Waals surface area contributed by atoms with Gasteiger partial charge in [-0.2, -0.15) is 0 Å². The molecule has 3 saturated heterocycles. The predicted octanol–water partition coefficient (Wildman–Crippen LogP) is -2.95. The molecule has 12 N–H and O–H groups in total. The van der Waals surface area contributed by atoms with E-state index in [9.17, 15) is 70.9 Å². The van der Waals surface area contributed by atoms with Gasteiger partial charge in [-0.25, -0.2) is 0 Å². The van der Waals surface area contributed by atoms with E-state index in [1.165, 1.54) is 7.11 Å². The van der Waals surface area contributed by atoms with Gasteiger partial charge in [0.2, 0.25) is 6.29 Å². The Morgan fingerprint density at radius 3 is 1.87 bits per heavy atom. The fourth-order valence-corrected chi connectivity index (χ4v) is 15.0. The van der Waals surface area contributed by atoms with Crippen LogP contribution in [0.4, 0.5) is 0 Å². The molecule has 22 nitrogen and oxygen atoms in total. The molecule has 70 heavy (non-hydrogen) atoms. The SMILES string of the molecule is COC(=O)[C@]1(C)CC[C@]2(C(=O)O[C@@H]3O[C@H](CO)[C@@H](O)[C@H](O)[C@H]3O)CC[C@]3(C)C(=CC(=O)[C@@H]4[C@@]5(C)C[C@H](O)[C@H](O[C@@H]6OC[C@@H](O[C@@H]7O[C@H](CO)[C@@H](O)[C@H](O)[C@H]7O)[C@H](O)[C@H]6O)[C@@](C)(CO)[C@@H]5CC[C@]43C)[C@@H]2C1. The number of allylic oxidation sites excluding steroid dienone is 2. The number of methoxy groups -OCH3 is 1. The molecule has 0 unspecified atom stereocenters. The number of ketones is 1. The maximum atomic E-state index is 15.3. The first-order chi connectivity index (χ1) is 32.8. The molecule has 0 aromatic rings. The van der Waals surface area contributed by atoms with E-state index in [4.69, 9.17) is 33.2 Å². The summed E-state index contributed by atoms with van der Waals surface area (Å²) in [6.45, 7) is 7.13. The van der Waals surface area contributed by atoms with Crippen LogP contribution >= 0.6 is 0 Å². The second kappa shape index (κ2) is 19.1. The Balaban J connectivity index is 1.06. The van der Waals surface area contributed by atoms with E-state index in [0.29, 0.717) is 24.8 Å². The van der Waals surface area contributed by atoms with Crippen molar-refractivity contribution in [2.75, 3.05) is 33.5 Å². The highest BCUT2D eigenvalue weighted by atomic mass is 16.7. The van der Waals surface area contributed by atoms with Crippen molar-refractivity contribution >= 4 is 17.7 Å². The van der Waals surface area contributed by atoms with Gasteiger partial charge in [0.05, 0.1) is 56.6 Å². The molecule has 0 spiro atoms. The number of carbonyl (C=O) groups excluding carboxylic acids is 3. The number of esters is 2. The van der Waals surface area contributed by atoms with Gasteiger partial charge < -0.3 is 94.4 Å². The lowest BCUT2D eigenvalue weighted by molar-refractivity contribution is -0.357. The highest BCUT2D eigenvalue weighted by Crippen LogP contribution is 2.75.